The maximum absolute atomic E-state index is 12.6. The average molecular weight is 442 g/mol. The van der Waals surface area contributed by atoms with Gasteiger partial charge in [-0.05, 0) is 48.7 Å². The van der Waals surface area contributed by atoms with Gasteiger partial charge < -0.3 is 14.6 Å². The molecule has 4 aromatic rings. The van der Waals surface area contributed by atoms with Gasteiger partial charge in [-0.3, -0.25) is 9.78 Å². The van der Waals surface area contributed by atoms with Crippen molar-refractivity contribution in [2.75, 3.05) is 7.11 Å². The number of rotatable bonds is 9. The Morgan fingerprint density at radius 3 is 2.39 bits per heavy atom. The van der Waals surface area contributed by atoms with Crippen LogP contribution in [0.1, 0.15) is 46.2 Å². The van der Waals surface area contributed by atoms with Gasteiger partial charge in [0, 0.05) is 12.6 Å². The first-order valence-corrected chi connectivity index (χ1v) is 10.9. The molecule has 33 heavy (non-hydrogen) atoms. The van der Waals surface area contributed by atoms with E-state index in [-0.39, 0.29) is 11.9 Å². The molecule has 0 fully saturated rings. The van der Waals surface area contributed by atoms with E-state index in [1.807, 2.05) is 49.4 Å². The lowest BCUT2D eigenvalue weighted by Gasteiger charge is -2.17. The Morgan fingerprint density at radius 1 is 0.939 bits per heavy atom. The van der Waals surface area contributed by atoms with Crippen molar-refractivity contribution in [2.24, 2.45) is 0 Å². The fourth-order valence-electron chi connectivity index (χ4n) is 3.67. The lowest BCUT2D eigenvalue weighted by atomic mass is 10.1. The van der Waals surface area contributed by atoms with Gasteiger partial charge in [0.05, 0.1) is 19.7 Å². The van der Waals surface area contributed by atoms with Gasteiger partial charge in [-0.1, -0.05) is 48.5 Å². The molecule has 1 N–H and O–H groups in total. The van der Waals surface area contributed by atoms with Gasteiger partial charge in [0.2, 0.25) is 0 Å². The highest BCUT2D eigenvalue weighted by molar-refractivity contribution is 5.92. The van der Waals surface area contributed by atoms with E-state index in [2.05, 4.69) is 37.2 Å². The molecule has 1 atom stereocenters. The van der Waals surface area contributed by atoms with Crippen LogP contribution in [0.2, 0.25) is 0 Å². The van der Waals surface area contributed by atoms with E-state index in [1.54, 1.807) is 31.5 Å². The maximum atomic E-state index is 12.6. The second-order valence-electron chi connectivity index (χ2n) is 7.80. The molecule has 7 heteroatoms. The summed E-state index contributed by atoms with van der Waals surface area (Å²) in [5.41, 5.74) is 2.71. The van der Waals surface area contributed by atoms with E-state index in [1.165, 1.54) is 5.56 Å². The second-order valence-corrected chi connectivity index (χ2v) is 7.80. The van der Waals surface area contributed by atoms with Crippen molar-refractivity contribution in [3.05, 3.63) is 107 Å². The van der Waals surface area contributed by atoms with E-state index in [4.69, 9.17) is 4.74 Å². The number of hydrogen-bond donors (Lipinski definition) is 1. The van der Waals surface area contributed by atoms with E-state index >= 15 is 0 Å². The molecule has 0 bridgehead atoms. The number of carbonyl (C=O) groups excluding carboxylic acids is 1. The molecule has 4 rings (SSSR count). The summed E-state index contributed by atoms with van der Waals surface area (Å²) in [6.07, 6.45) is 3.21. The highest BCUT2D eigenvalue weighted by Crippen LogP contribution is 2.19. The number of ether oxygens (including phenoxy) is 1. The Bertz CT molecular complexity index is 1170. The molecule has 2 aromatic heterocycles. The van der Waals surface area contributed by atoms with Crippen LogP contribution in [0.4, 0.5) is 0 Å². The van der Waals surface area contributed by atoms with Gasteiger partial charge in [-0.15, -0.1) is 10.2 Å². The monoisotopic (exact) mass is 441 g/mol. The molecule has 1 amide bonds. The largest absolute Gasteiger partial charge is 0.497 e. The van der Waals surface area contributed by atoms with Gasteiger partial charge in [-0.25, -0.2) is 0 Å². The first-order valence-electron chi connectivity index (χ1n) is 10.9. The van der Waals surface area contributed by atoms with Crippen molar-refractivity contribution < 1.29 is 9.53 Å². The Kier molecular flexibility index (Phi) is 7.09. The van der Waals surface area contributed by atoms with Crippen LogP contribution in [-0.4, -0.2) is 32.8 Å². The molecule has 0 aliphatic carbocycles. The van der Waals surface area contributed by atoms with E-state index in [0.29, 0.717) is 18.1 Å². The van der Waals surface area contributed by atoms with Crippen LogP contribution in [0.3, 0.4) is 0 Å². The lowest BCUT2D eigenvalue weighted by Crippen LogP contribution is -2.29. The minimum absolute atomic E-state index is 0.243. The van der Waals surface area contributed by atoms with Crippen molar-refractivity contribution in [3.8, 4) is 5.75 Å². The van der Waals surface area contributed by atoms with Gasteiger partial charge in [0.15, 0.2) is 5.82 Å². The third-order valence-electron chi connectivity index (χ3n) is 5.47. The highest BCUT2D eigenvalue weighted by Gasteiger charge is 2.20. The topological polar surface area (TPSA) is 81.9 Å². The summed E-state index contributed by atoms with van der Waals surface area (Å²) in [4.78, 5) is 16.8. The quantitative estimate of drug-likeness (QED) is 0.424. The summed E-state index contributed by atoms with van der Waals surface area (Å²) in [5, 5.41) is 11.9. The lowest BCUT2D eigenvalue weighted by molar-refractivity contribution is 0.0932. The average Bonchev–Trinajstić information content (AvgIpc) is 3.26. The fourth-order valence-corrected chi connectivity index (χ4v) is 3.67. The van der Waals surface area contributed by atoms with Crippen LogP contribution < -0.4 is 10.1 Å². The number of methoxy groups -OCH3 is 1. The van der Waals surface area contributed by atoms with Crippen molar-refractivity contribution in [1.82, 2.24) is 25.1 Å². The number of hydrogen-bond acceptors (Lipinski definition) is 5. The zero-order valence-corrected chi connectivity index (χ0v) is 18.8. The number of nitrogens with one attached hydrogen (secondary N) is 1. The number of amides is 1. The summed E-state index contributed by atoms with van der Waals surface area (Å²) in [7, 11) is 1.65. The molecule has 168 valence electrons. The molecule has 0 spiro atoms. The van der Waals surface area contributed by atoms with Gasteiger partial charge >= 0.3 is 0 Å². The SMILES string of the molecule is COc1ccc(Cn2c(CCc3ccccc3)nnc2[C@@H](C)NC(=O)c2ccccn2)cc1. The molecule has 0 radical (unpaired) electrons. The van der Waals surface area contributed by atoms with Gasteiger partial charge in [0.25, 0.3) is 5.91 Å². The molecule has 2 aromatic carbocycles. The van der Waals surface area contributed by atoms with Crippen LogP contribution >= 0.6 is 0 Å². The van der Waals surface area contributed by atoms with Crippen LogP contribution in [0.15, 0.2) is 79.0 Å². The van der Waals surface area contributed by atoms with Gasteiger partial charge in [0.1, 0.15) is 17.3 Å². The fraction of sp³-hybridized carbons (Fsp3) is 0.231. The van der Waals surface area contributed by atoms with Crippen molar-refractivity contribution >= 4 is 5.91 Å². The molecule has 0 unspecified atom stereocenters. The maximum Gasteiger partial charge on any atom is 0.270 e. The third kappa shape index (κ3) is 5.63. The first kappa shape index (κ1) is 22.2. The molecular formula is C26H27N5O2. The second kappa shape index (κ2) is 10.5. The summed E-state index contributed by atoms with van der Waals surface area (Å²) >= 11 is 0. The predicted molar refractivity (Wildman–Crippen MR) is 126 cm³/mol. The minimum Gasteiger partial charge on any atom is -0.497 e. The zero-order valence-electron chi connectivity index (χ0n) is 18.8. The molecule has 0 aliphatic rings. The number of benzene rings is 2. The van der Waals surface area contributed by atoms with Crippen LogP contribution in [0.5, 0.6) is 5.75 Å². The number of nitrogens with zero attached hydrogens (tertiary/aromatic N) is 4. The summed E-state index contributed by atoms with van der Waals surface area (Å²) in [5.74, 6) is 2.15. The van der Waals surface area contributed by atoms with Crippen LogP contribution in [0.25, 0.3) is 0 Å². The standard InChI is InChI=1S/C26H27N5O2/c1-19(28-26(32)23-10-6-7-17-27-23)25-30-29-24(16-13-20-8-4-3-5-9-20)31(25)18-21-11-14-22(33-2)15-12-21/h3-12,14-15,17,19H,13,16,18H2,1-2H3,(H,28,32)/t19-/m1/s1. The van der Waals surface area contributed by atoms with Crippen molar-refractivity contribution in [1.29, 1.82) is 0 Å². The Hall–Kier alpha value is -4.00. The smallest absolute Gasteiger partial charge is 0.270 e. The molecule has 7 nitrogen and oxygen atoms in total. The first-order chi connectivity index (χ1) is 16.1. The summed E-state index contributed by atoms with van der Waals surface area (Å²) < 4.78 is 7.37. The molecule has 2 heterocycles. The van der Waals surface area contributed by atoms with E-state index in [0.717, 1.165) is 30.0 Å². The highest BCUT2D eigenvalue weighted by atomic mass is 16.5. The summed E-state index contributed by atoms with van der Waals surface area (Å²) in [6, 6.07) is 23.2. The van der Waals surface area contributed by atoms with E-state index in [9.17, 15) is 4.79 Å². The number of aromatic nitrogens is 4. The number of aryl methyl sites for hydroxylation is 2. The Morgan fingerprint density at radius 2 is 1.70 bits per heavy atom. The predicted octanol–water partition coefficient (Wildman–Crippen LogP) is 4.01. The van der Waals surface area contributed by atoms with Crippen LogP contribution in [0, 0.1) is 0 Å². The normalized spacial score (nSPS) is 11.7. The van der Waals surface area contributed by atoms with Crippen molar-refractivity contribution in [2.45, 2.75) is 32.4 Å². The number of carbonyl (C=O) groups is 1. The van der Waals surface area contributed by atoms with Crippen LogP contribution in [-0.2, 0) is 19.4 Å². The Labute approximate surface area is 193 Å². The summed E-state index contributed by atoms with van der Waals surface area (Å²) in [6.45, 7) is 2.51. The van der Waals surface area contributed by atoms with Crippen molar-refractivity contribution in [3.63, 3.8) is 0 Å². The minimum atomic E-state index is -0.337. The Balaban J connectivity index is 1.57. The zero-order chi connectivity index (χ0) is 23.0. The third-order valence-corrected chi connectivity index (χ3v) is 5.47. The molecule has 0 saturated carbocycles. The molecule has 0 aliphatic heterocycles. The molecule has 0 saturated heterocycles. The van der Waals surface area contributed by atoms with Gasteiger partial charge in [-0.2, -0.15) is 0 Å². The van der Waals surface area contributed by atoms with E-state index < -0.39 is 0 Å². The number of pyridine rings is 1. The molecular weight excluding hydrogens is 414 g/mol.